The minimum atomic E-state index is -0.776. The topological polar surface area (TPSA) is 48.3 Å². The van der Waals surface area contributed by atoms with Crippen molar-refractivity contribution in [3.05, 3.63) is 74.5 Å². The predicted molar refractivity (Wildman–Crippen MR) is 90.9 cm³/mol. The van der Waals surface area contributed by atoms with E-state index in [4.69, 9.17) is 27.9 Å². The number of methoxy groups -OCH3 is 1. The summed E-state index contributed by atoms with van der Waals surface area (Å²) >= 11 is 12.3. The number of rotatable bonds is 2. The first-order valence-corrected chi connectivity index (χ1v) is 7.47. The van der Waals surface area contributed by atoms with Crippen molar-refractivity contribution in [2.45, 2.75) is 0 Å². The molecule has 1 aromatic heterocycles. The number of carbonyl (C=O) groups is 1. The minimum Gasteiger partial charge on any atom is -0.465 e. The molecule has 0 fully saturated rings. The van der Waals surface area contributed by atoms with Gasteiger partial charge in [-0.3, -0.25) is 9.36 Å². The summed E-state index contributed by atoms with van der Waals surface area (Å²) < 4.78 is 6.10. The van der Waals surface area contributed by atoms with Gasteiger partial charge in [0.2, 0.25) is 0 Å². The van der Waals surface area contributed by atoms with Crippen LogP contribution in [0.3, 0.4) is 0 Å². The number of hydrogen-bond acceptors (Lipinski definition) is 3. The summed E-state index contributed by atoms with van der Waals surface area (Å²) in [6.45, 7) is 0. The van der Waals surface area contributed by atoms with E-state index in [1.54, 1.807) is 42.5 Å². The number of nitrogens with zero attached hydrogens (tertiary/aromatic N) is 1. The number of para-hydroxylation sites is 1. The van der Waals surface area contributed by atoms with E-state index in [0.29, 0.717) is 21.6 Å². The molecule has 2 aromatic carbocycles. The normalized spacial score (nSPS) is 10.7. The molecule has 0 amide bonds. The van der Waals surface area contributed by atoms with Crippen LogP contribution in [0.5, 0.6) is 0 Å². The quantitative estimate of drug-likeness (QED) is 0.656. The number of halogens is 2. The summed E-state index contributed by atoms with van der Waals surface area (Å²) in [5, 5.41) is 1.06. The van der Waals surface area contributed by atoms with Gasteiger partial charge in [0, 0.05) is 16.1 Å². The number of pyridine rings is 1. The first kappa shape index (κ1) is 15.6. The highest BCUT2D eigenvalue weighted by Crippen LogP contribution is 2.29. The van der Waals surface area contributed by atoms with Crippen LogP contribution in [0.15, 0.2) is 53.3 Å². The zero-order valence-electron chi connectivity index (χ0n) is 12.0. The standard InChI is InChI=1S/C17H11Cl2NO3/c1-23-17(22)14-15(19)12-8-7-10(18)9-13(12)20(16(14)21)11-5-3-2-4-6-11/h2-9H,1H3. The lowest BCUT2D eigenvalue weighted by Crippen LogP contribution is -2.27. The van der Waals surface area contributed by atoms with Gasteiger partial charge in [-0.2, -0.15) is 0 Å². The molecule has 0 spiro atoms. The molecule has 0 aliphatic carbocycles. The highest BCUT2D eigenvalue weighted by Gasteiger charge is 2.22. The molecule has 0 bridgehead atoms. The van der Waals surface area contributed by atoms with Gasteiger partial charge in [-0.25, -0.2) is 4.79 Å². The molecule has 0 N–H and O–H groups in total. The first-order chi connectivity index (χ1) is 11.0. The summed E-state index contributed by atoms with van der Waals surface area (Å²) in [7, 11) is 1.21. The van der Waals surface area contributed by atoms with Gasteiger partial charge >= 0.3 is 5.97 Å². The predicted octanol–water partition coefficient (Wildman–Crippen LogP) is 4.08. The molecule has 3 aromatic rings. The fourth-order valence-corrected chi connectivity index (χ4v) is 2.92. The Morgan fingerprint density at radius 2 is 1.78 bits per heavy atom. The summed E-state index contributed by atoms with van der Waals surface area (Å²) in [5.74, 6) is -0.776. The van der Waals surface area contributed by atoms with Gasteiger partial charge in [-0.15, -0.1) is 0 Å². The van der Waals surface area contributed by atoms with Crippen LogP contribution < -0.4 is 5.56 Å². The van der Waals surface area contributed by atoms with Gasteiger partial charge in [0.1, 0.15) is 5.56 Å². The molecule has 0 aliphatic heterocycles. The van der Waals surface area contributed by atoms with Crippen molar-refractivity contribution in [2.24, 2.45) is 0 Å². The molecule has 0 atom stereocenters. The van der Waals surface area contributed by atoms with Crippen LogP contribution in [-0.2, 0) is 4.74 Å². The third kappa shape index (κ3) is 2.60. The summed E-state index contributed by atoms with van der Waals surface area (Å²) in [6.07, 6.45) is 0. The number of benzene rings is 2. The Morgan fingerprint density at radius 3 is 2.43 bits per heavy atom. The van der Waals surface area contributed by atoms with E-state index in [1.165, 1.54) is 11.7 Å². The Balaban J connectivity index is 2.53. The molecular weight excluding hydrogens is 337 g/mol. The Kier molecular flexibility index (Phi) is 4.11. The second-order valence-corrected chi connectivity index (χ2v) is 5.63. The van der Waals surface area contributed by atoms with Crippen LogP contribution in [0.2, 0.25) is 10.0 Å². The molecule has 4 nitrogen and oxygen atoms in total. The fourth-order valence-electron chi connectivity index (χ4n) is 2.44. The van der Waals surface area contributed by atoms with Gasteiger partial charge in [-0.1, -0.05) is 41.4 Å². The monoisotopic (exact) mass is 347 g/mol. The maximum atomic E-state index is 12.9. The third-order valence-corrected chi connectivity index (χ3v) is 4.11. The molecule has 1 heterocycles. The lowest BCUT2D eigenvalue weighted by atomic mass is 10.1. The molecule has 0 aliphatic rings. The number of carbonyl (C=O) groups excluding carboxylic acids is 1. The van der Waals surface area contributed by atoms with Crippen LogP contribution in [0, 0.1) is 0 Å². The van der Waals surface area contributed by atoms with Crippen LogP contribution in [0.1, 0.15) is 10.4 Å². The molecular formula is C17H11Cl2NO3. The third-order valence-electron chi connectivity index (χ3n) is 3.48. The van der Waals surface area contributed by atoms with Gasteiger partial charge in [0.25, 0.3) is 5.56 Å². The average molecular weight is 348 g/mol. The smallest absolute Gasteiger partial charge is 0.345 e. The van der Waals surface area contributed by atoms with E-state index in [-0.39, 0.29) is 10.6 Å². The van der Waals surface area contributed by atoms with Crippen molar-refractivity contribution < 1.29 is 9.53 Å². The Hall–Kier alpha value is -2.30. The molecule has 0 saturated heterocycles. The lowest BCUT2D eigenvalue weighted by molar-refractivity contribution is 0.0599. The number of ether oxygens (including phenoxy) is 1. The second kappa shape index (κ2) is 6.07. The van der Waals surface area contributed by atoms with Crippen LogP contribution in [-0.4, -0.2) is 17.6 Å². The van der Waals surface area contributed by atoms with E-state index < -0.39 is 11.5 Å². The van der Waals surface area contributed by atoms with E-state index in [0.717, 1.165) is 0 Å². The van der Waals surface area contributed by atoms with Crippen LogP contribution in [0.25, 0.3) is 16.6 Å². The molecule has 3 rings (SSSR count). The Morgan fingerprint density at radius 1 is 1.09 bits per heavy atom. The largest absolute Gasteiger partial charge is 0.465 e. The molecule has 0 unspecified atom stereocenters. The van der Waals surface area contributed by atoms with Gasteiger partial charge in [0.15, 0.2) is 0 Å². The van der Waals surface area contributed by atoms with Crippen molar-refractivity contribution in [1.82, 2.24) is 4.57 Å². The highest BCUT2D eigenvalue weighted by molar-refractivity contribution is 6.38. The SMILES string of the molecule is COC(=O)c1c(Cl)c2ccc(Cl)cc2n(-c2ccccc2)c1=O. The van der Waals surface area contributed by atoms with Gasteiger partial charge in [0.05, 0.1) is 17.6 Å². The summed E-state index contributed by atoms with van der Waals surface area (Å²) in [6, 6.07) is 13.9. The number of fused-ring (bicyclic) bond motifs is 1. The van der Waals surface area contributed by atoms with Crippen LogP contribution >= 0.6 is 23.2 Å². The maximum Gasteiger partial charge on any atom is 0.345 e. The fraction of sp³-hybridized carbons (Fsp3) is 0.0588. The number of hydrogen-bond donors (Lipinski definition) is 0. The van der Waals surface area contributed by atoms with E-state index in [1.807, 2.05) is 6.07 Å². The second-order valence-electron chi connectivity index (χ2n) is 4.82. The van der Waals surface area contributed by atoms with Crippen molar-refractivity contribution in [3.8, 4) is 5.69 Å². The highest BCUT2D eigenvalue weighted by atomic mass is 35.5. The molecule has 116 valence electrons. The van der Waals surface area contributed by atoms with Crippen molar-refractivity contribution in [2.75, 3.05) is 7.11 Å². The van der Waals surface area contributed by atoms with Crippen molar-refractivity contribution in [3.63, 3.8) is 0 Å². The van der Waals surface area contributed by atoms with E-state index in [9.17, 15) is 9.59 Å². The number of aromatic nitrogens is 1. The summed E-state index contributed by atoms with van der Waals surface area (Å²) in [4.78, 5) is 24.9. The molecule has 0 radical (unpaired) electrons. The Labute approximate surface area is 141 Å². The summed E-state index contributed by atoms with van der Waals surface area (Å²) in [5.41, 5.74) is 0.369. The van der Waals surface area contributed by atoms with Gasteiger partial charge < -0.3 is 4.74 Å². The van der Waals surface area contributed by atoms with Gasteiger partial charge in [-0.05, 0) is 30.3 Å². The molecule has 6 heteroatoms. The minimum absolute atomic E-state index is 0.0562. The van der Waals surface area contributed by atoms with E-state index >= 15 is 0 Å². The van der Waals surface area contributed by atoms with E-state index in [2.05, 4.69) is 0 Å². The molecule has 23 heavy (non-hydrogen) atoms. The van der Waals surface area contributed by atoms with Crippen LogP contribution in [0.4, 0.5) is 0 Å². The number of esters is 1. The molecule has 0 saturated carbocycles. The first-order valence-electron chi connectivity index (χ1n) is 6.72. The zero-order chi connectivity index (χ0) is 16.6. The maximum absolute atomic E-state index is 12.9. The zero-order valence-corrected chi connectivity index (χ0v) is 13.6. The average Bonchev–Trinajstić information content (AvgIpc) is 2.55. The lowest BCUT2D eigenvalue weighted by Gasteiger charge is -2.14. The van der Waals surface area contributed by atoms with Crippen molar-refractivity contribution in [1.29, 1.82) is 0 Å². The Bertz CT molecular complexity index is 965. The van der Waals surface area contributed by atoms with Crippen molar-refractivity contribution >= 4 is 40.1 Å².